The molecule has 2 aromatic rings. The number of fused-ring (bicyclic) bond motifs is 1. The van der Waals surface area contributed by atoms with Crippen molar-refractivity contribution in [3.63, 3.8) is 0 Å². The van der Waals surface area contributed by atoms with Gasteiger partial charge < -0.3 is 9.67 Å². The molecule has 0 atom stereocenters. The van der Waals surface area contributed by atoms with Crippen molar-refractivity contribution in [1.82, 2.24) is 4.57 Å². The molecule has 2 heteroatoms. The third kappa shape index (κ3) is 2.12. The largest absolute Gasteiger partial charge is 0.390 e. The molecule has 0 aliphatic heterocycles. The molecule has 1 N–H and O–H groups in total. The van der Waals surface area contributed by atoms with Gasteiger partial charge in [-0.25, -0.2) is 0 Å². The zero-order valence-electron chi connectivity index (χ0n) is 10.2. The van der Waals surface area contributed by atoms with E-state index in [0.717, 1.165) is 6.54 Å². The summed E-state index contributed by atoms with van der Waals surface area (Å²) in [6, 6.07) is 10.5. The van der Waals surface area contributed by atoms with Crippen LogP contribution >= 0.6 is 0 Å². The lowest BCUT2D eigenvalue weighted by Crippen LogP contribution is -2.23. The second-order valence-corrected chi connectivity index (χ2v) is 4.93. The number of benzene rings is 1. The highest BCUT2D eigenvalue weighted by Crippen LogP contribution is 2.22. The summed E-state index contributed by atoms with van der Waals surface area (Å²) in [5.74, 6) is 0. The quantitative estimate of drug-likeness (QED) is 0.840. The molecule has 16 heavy (non-hydrogen) atoms. The maximum Gasteiger partial charge on any atom is 0.0646 e. The second-order valence-electron chi connectivity index (χ2n) is 4.93. The molecule has 0 aliphatic carbocycles. The zero-order valence-corrected chi connectivity index (χ0v) is 10.2. The van der Waals surface area contributed by atoms with Crippen molar-refractivity contribution in [1.29, 1.82) is 0 Å². The molecule has 0 aliphatic rings. The normalized spacial score (nSPS) is 12.2. The molecular formula is C14H19NO. The van der Waals surface area contributed by atoms with E-state index in [4.69, 9.17) is 0 Å². The van der Waals surface area contributed by atoms with Gasteiger partial charge in [0, 0.05) is 24.2 Å². The van der Waals surface area contributed by atoms with Crippen LogP contribution in [0.1, 0.15) is 26.5 Å². The highest BCUT2D eigenvalue weighted by molar-refractivity contribution is 5.81. The number of aliphatic hydroxyl groups is 1. The summed E-state index contributed by atoms with van der Waals surface area (Å²) in [5.41, 5.74) is 1.81. The number of para-hydroxylation sites is 1. The van der Waals surface area contributed by atoms with Crippen LogP contribution < -0.4 is 0 Å². The first-order valence-electron chi connectivity index (χ1n) is 5.81. The number of aryl methyl sites for hydroxylation is 1. The van der Waals surface area contributed by atoms with Gasteiger partial charge >= 0.3 is 0 Å². The van der Waals surface area contributed by atoms with E-state index in [1.54, 1.807) is 0 Å². The van der Waals surface area contributed by atoms with E-state index in [2.05, 4.69) is 41.8 Å². The van der Waals surface area contributed by atoms with Crippen LogP contribution in [-0.4, -0.2) is 15.3 Å². The lowest BCUT2D eigenvalue weighted by Gasteiger charge is -2.18. The van der Waals surface area contributed by atoms with E-state index < -0.39 is 5.60 Å². The summed E-state index contributed by atoms with van der Waals surface area (Å²) in [5, 5.41) is 11.2. The molecule has 0 saturated carbocycles. The fourth-order valence-electron chi connectivity index (χ4n) is 2.23. The van der Waals surface area contributed by atoms with Crippen LogP contribution in [0.15, 0.2) is 30.3 Å². The minimum atomic E-state index is -0.651. The first kappa shape index (κ1) is 11.2. The Morgan fingerprint density at radius 1 is 1.25 bits per heavy atom. The van der Waals surface area contributed by atoms with Gasteiger partial charge in [-0.1, -0.05) is 18.2 Å². The highest BCUT2D eigenvalue weighted by Gasteiger charge is 2.17. The predicted octanol–water partition coefficient (Wildman–Crippen LogP) is 2.97. The first-order chi connectivity index (χ1) is 7.51. The lowest BCUT2D eigenvalue weighted by atomic mass is 10.0. The fraction of sp³-hybridized carbons (Fsp3) is 0.429. The molecule has 0 spiro atoms. The SMILES string of the molecule is CCn1c(CC(C)(C)O)cc2ccccc21. The molecule has 1 heterocycles. The van der Waals surface area contributed by atoms with E-state index in [9.17, 15) is 5.11 Å². The van der Waals surface area contributed by atoms with Gasteiger partial charge in [-0.05, 0) is 38.3 Å². The maximum absolute atomic E-state index is 9.90. The lowest BCUT2D eigenvalue weighted by molar-refractivity contribution is 0.0791. The molecule has 0 fully saturated rings. The summed E-state index contributed by atoms with van der Waals surface area (Å²) in [6.07, 6.45) is 0.690. The Morgan fingerprint density at radius 3 is 2.56 bits per heavy atom. The zero-order chi connectivity index (χ0) is 11.8. The van der Waals surface area contributed by atoms with E-state index in [0.29, 0.717) is 6.42 Å². The molecule has 0 radical (unpaired) electrons. The van der Waals surface area contributed by atoms with Crippen LogP contribution in [0.3, 0.4) is 0 Å². The summed E-state index contributed by atoms with van der Waals surface area (Å²) in [4.78, 5) is 0. The second kappa shape index (κ2) is 3.95. The molecule has 86 valence electrons. The minimum Gasteiger partial charge on any atom is -0.390 e. The van der Waals surface area contributed by atoms with Gasteiger partial charge in [0.2, 0.25) is 0 Å². The van der Waals surface area contributed by atoms with Crippen molar-refractivity contribution < 1.29 is 5.11 Å². The van der Waals surface area contributed by atoms with Crippen molar-refractivity contribution in [2.75, 3.05) is 0 Å². The molecule has 1 aromatic carbocycles. The van der Waals surface area contributed by atoms with Gasteiger partial charge in [0.1, 0.15) is 0 Å². The van der Waals surface area contributed by atoms with Gasteiger partial charge in [-0.3, -0.25) is 0 Å². The Hall–Kier alpha value is -1.28. The van der Waals surface area contributed by atoms with E-state index in [1.165, 1.54) is 16.6 Å². The van der Waals surface area contributed by atoms with E-state index in [1.807, 2.05) is 13.8 Å². The van der Waals surface area contributed by atoms with Gasteiger partial charge in [0.25, 0.3) is 0 Å². The molecule has 0 unspecified atom stereocenters. The number of rotatable bonds is 3. The first-order valence-corrected chi connectivity index (χ1v) is 5.81. The summed E-state index contributed by atoms with van der Waals surface area (Å²) >= 11 is 0. The van der Waals surface area contributed by atoms with Crippen LogP contribution in [0, 0.1) is 0 Å². The highest BCUT2D eigenvalue weighted by atomic mass is 16.3. The van der Waals surface area contributed by atoms with E-state index in [-0.39, 0.29) is 0 Å². The van der Waals surface area contributed by atoms with Crippen LogP contribution in [-0.2, 0) is 13.0 Å². The molecule has 0 saturated heterocycles. The van der Waals surface area contributed by atoms with Gasteiger partial charge in [-0.15, -0.1) is 0 Å². The number of nitrogens with zero attached hydrogens (tertiary/aromatic N) is 1. The minimum absolute atomic E-state index is 0.651. The van der Waals surface area contributed by atoms with Gasteiger partial charge in [0.05, 0.1) is 5.60 Å². The van der Waals surface area contributed by atoms with Crippen LogP contribution in [0.2, 0.25) is 0 Å². The molecule has 2 nitrogen and oxygen atoms in total. The topological polar surface area (TPSA) is 25.2 Å². The Labute approximate surface area is 96.5 Å². The average Bonchev–Trinajstić information content (AvgIpc) is 2.51. The molecule has 2 rings (SSSR count). The standard InChI is InChI=1S/C14H19NO/c1-4-15-12(10-14(2,3)16)9-11-7-5-6-8-13(11)15/h5-9,16H,4,10H2,1-3H3. The Bertz CT molecular complexity index is 491. The van der Waals surface area contributed by atoms with Crippen molar-refractivity contribution in [2.45, 2.75) is 39.3 Å². The van der Waals surface area contributed by atoms with Crippen molar-refractivity contribution >= 4 is 10.9 Å². The van der Waals surface area contributed by atoms with Gasteiger partial charge in [-0.2, -0.15) is 0 Å². The monoisotopic (exact) mass is 217 g/mol. The third-order valence-electron chi connectivity index (χ3n) is 2.83. The fourth-order valence-corrected chi connectivity index (χ4v) is 2.23. The number of hydrogen-bond acceptors (Lipinski definition) is 1. The Morgan fingerprint density at radius 2 is 1.94 bits per heavy atom. The number of hydrogen-bond donors (Lipinski definition) is 1. The van der Waals surface area contributed by atoms with Gasteiger partial charge in [0.15, 0.2) is 0 Å². The van der Waals surface area contributed by atoms with Crippen molar-refractivity contribution in [3.8, 4) is 0 Å². The molecule has 1 aromatic heterocycles. The maximum atomic E-state index is 9.90. The number of aromatic nitrogens is 1. The van der Waals surface area contributed by atoms with Crippen LogP contribution in [0.25, 0.3) is 10.9 Å². The summed E-state index contributed by atoms with van der Waals surface area (Å²) in [7, 11) is 0. The summed E-state index contributed by atoms with van der Waals surface area (Å²) < 4.78 is 2.27. The Balaban J connectivity index is 2.52. The van der Waals surface area contributed by atoms with Crippen molar-refractivity contribution in [3.05, 3.63) is 36.0 Å². The average molecular weight is 217 g/mol. The predicted molar refractivity (Wildman–Crippen MR) is 67.6 cm³/mol. The van der Waals surface area contributed by atoms with E-state index >= 15 is 0 Å². The Kier molecular flexibility index (Phi) is 2.76. The molecule has 0 bridgehead atoms. The molecular weight excluding hydrogens is 198 g/mol. The van der Waals surface area contributed by atoms with Crippen LogP contribution in [0.5, 0.6) is 0 Å². The summed E-state index contributed by atoms with van der Waals surface area (Å²) in [6.45, 7) is 6.79. The van der Waals surface area contributed by atoms with Crippen LogP contribution in [0.4, 0.5) is 0 Å². The third-order valence-corrected chi connectivity index (χ3v) is 2.83. The molecule has 0 amide bonds. The van der Waals surface area contributed by atoms with Crippen molar-refractivity contribution in [2.24, 2.45) is 0 Å². The smallest absolute Gasteiger partial charge is 0.0646 e.